The van der Waals surface area contributed by atoms with Crippen molar-refractivity contribution in [3.8, 4) is 11.8 Å². The van der Waals surface area contributed by atoms with E-state index in [-0.39, 0.29) is 17.6 Å². The van der Waals surface area contributed by atoms with Crippen LogP contribution in [0.5, 0.6) is 0 Å². The molecule has 1 aromatic heterocycles. The van der Waals surface area contributed by atoms with Crippen LogP contribution in [0.2, 0.25) is 0 Å². The van der Waals surface area contributed by atoms with Gasteiger partial charge in [-0.15, -0.1) is 0 Å². The number of halogens is 7. The fraction of sp³-hybridized carbons (Fsp3) is 0.467. The zero-order chi connectivity index (χ0) is 47.1. The Bertz CT molecular complexity index is 2210. The van der Waals surface area contributed by atoms with Gasteiger partial charge in [-0.1, -0.05) is 24.0 Å². The lowest BCUT2D eigenvalue weighted by atomic mass is 9.82. The van der Waals surface area contributed by atoms with Crippen molar-refractivity contribution in [2.24, 2.45) is 5.41 Å². The summed E-state index contributed by atoms with van der Waals surface area (Å²) >= 11 is 0. The van der Waals surface area contributed by atoms with Gasteiger partial charge in [0.25, 0.3) is 0 Å². The number of alkyl halides is 5. The predicted molar refractivity (Wildman–Crippen MR) is 227 cm³/mol. The SMILES string of the molecule is COC(=O)NC(C(=O)N[C@@H](Cc1ccc(C#Cc2ccc(N3C4CCC3CN(C3COC3)C4)nc2)cc1)[C@@H](O)CNCc1c(F)cc(/C(C=N)=C/NC(F)F)cc1F)C(C)(C)C(F)(F)F. The molecule has 0 spiro atoms. The maximum Gasteiger partial charge on any atom is 0.407 e. The molecule has 0 aliphatic carbocycles. The molecule has 3 saturated heterocycles. The van der Waals surface area contributed by atoms with E-state index < -0.39 is 78.6 Å². The van der Waals surface area contributed by atoms with Gasteiger partial charge >= 0.3 is 18.8 Å². The molecule has 2 bridgehead atoms. The highest BCUT2D eigenvalue weighted by molar-refractivity contribution is 6.08. The zero-order valence-electron chi connectivity index (χ0n) is 35.8. The summed E-state index contributed by atoms with van der Waals surface area (Å²) in [4.78, 5) is 35.4. The number of nitrogens with one attached hydrogen (secondary N) is 5. The summed E-state index contributed by atoms with van der Waals surface area (Å²) in [6.07, 6.45) is -2.73. The maximum absolute atomic E-state index is 15.1. The molecule has 6 N–H and O–H groups in total. The monoisotopic (exact) mass is 916 g/mol. The summed E-state index contributed by atoms with van der Waals surface area (Å²) in [5.41, 5.74) is -1.96. The van der Waals surface area contributed by atoms with E-state index in [1.54, 1.807) is 35.8 Å². The number of hydrogen-bond acceptors (Lipinski definition) is 11. The maximum atomic E-state index is 15.1. The van der Waals surface area contributed by atoms with Crippen LogP contribution in [0.25, 0.3) is 5.57 Å². The number of aliphatic hydroxyl groups excluding tert-OH is 1. The number of carbonyl (C=O) groups excluding carboxylic acids is 2. The number of pyridine rings is 1. The smallest absolute Gasteiger partial charge is 0.407 e. The molecule has 0 saturated carbocycles. The summed E-state index contributed by atoms with van der Waals surface area (Å²) in [5, 5.41) is 27.5. The molecule has 350 valence electrons. The van der Waals surface area contributed by atoms with Gasteiger partial charge in [-0.2, -0.15) is 22.0 Å². The van der Waals surface area contributed by atoms with E-state index in [0.717, 1.165) is 70.4 Å². The average Bonchev–Trinajstić information content (AvgIpc) is 3.51. The third-order valence-electron chi connectivity index (χ3n) is 12.0. The number of piperazine rings is 1. The Morgan fingerprint density at radius 3 is 2.15 bits per heavy atom. The topological polar surface area (TPSA) is 164 Å². The minimum atomic E-state index is -4.99. The van der Waals surface area contributed by atoms with Crippen molar-refractivity contribution in [1.29, 1.82) is 5.41 Å². The zero-order valence-corrected chi connectivity index (χ0v) is 35.8. The van der Waals surface area contributed by atoms with Gasteiger partial charge < -0.3 is 46.2 Å². The number of methoxy groups -OCH3 is 1. The Hall–Kier alpha value is -5.75. The average molecular weight is 917 g/mol. The van der Waals surface area contributed by atoms with Gasteiger partial charge in [-0.05, 0) is 80.6 Å². The van der Waals surface area contributed by atoms with Gasteiger partial charge in [0, 0.05) is 79.1 Å². The Labute approximate surface area is 371 Å². The van der Waals surface area contributed by atoms with Crippen LogP contribution in [0.1, 0.15) is 54.5 Å². The second-order valence-corrected chi connectivity index (χ2v) is 16.7. The highest BCUT2D eigenvalue weighted by atomic mass is 19.4. The van der Waals surface area contributed by atoms with Crippen molar-refractivity contribution >= 4 is 29.6 Å². The van der Waals surface area contributed by atoms with E-state index in [0.29, 0.717) is 54.9 Å². The third-order valence-corrected chi connectivity index (χ3v) is 12.0. The van der Waals surface area contributed by atoms with Crippen molar-refractivity contribution < 1.29 is 54.9 Å². The first kappa shape index (κ1) is 48.7. The molecule has 0 radical (unpaired) electrons. The summed E-state index contributed by atoms with van der Waals surface area (Å²) < 4.78 is 108. The molecule has 65 heavy (non-hydrogen) atoms. The Morgan fingerprint density at radius 2 is 1.62 bits per heavy atom. The first-order valence-electron chi connectivity index (χ1n) is 20.9. The quantitative estimate of drug-likeness (QED) is 0.0465. The van der Waals surface area contributed by atoms with E-state index >= 15 is 8.78 Å². The van der Waals surface area contributed by atoms with E-state index in [1.165, 1.54) is 0 Å². The first-order valence-corrected chi connectivity index (χ1v) is 20.9. The third kappa shape index (κ3) is 11.9. The fourth-order valence-electron chi connectivity index (χ4n) is 8.03. The van der Waals surface area contributed by atoms with Crippen molar-refractivity contribution in [2.75, 3.05) is 44.9 Å². The van der Waals surface area contributed by atoms with E-state index in [9.17, 15) is 36.6 Å². The number of rotatable bonds is 17. The number of aliphatic hydroxyl groups is 1. The van der Waals surface area contributed by atoms with Crippen molar-refractivity contribution in [1.82, 2.24) is 31.2 Å². The van der Waals surface area contributed by atoms with Crippen LogP contribution in [0.15, 0.2) is 60.9 Å². The first-order chi connectivity index (χ1) is 30.9. The highest BCUT2D eigenvalue weighted by Gasteiger charge is 2.56. The molecule has 3 aromatic rings. The molecular weight excluding hydrogens is 866 g/mol. The number of amides is 2. The minimum absolute atomic E-state index is 0.154. The van der Waals surface area contributed by atoms with Crippen LogP contribution in [0.4, 0.5) is 41.3 Å². The molecule has 2 amide bonds. The summed E-state index contributed by atoms with van der Waals surface area (Å²) in [5.74, 6) is 3.60. The molecular formula is C45H51F7N8O5. The predicted octanol–water partition coefficient (Wildman–Crippen LogP) is 5.11. The molecule has 6 rings (SSSR count). The van der Waals surface area contributed by atoms with Crippen molar-refractivity contribution in [3.63, 3.8) is 0 Å². The standard InChI is InChI=1S/C45H51F7N8O5/c1-44(2,45(50,51)52)40(58-43(63)64-3)41(62)57-37(38(61)21-54-20-34-35(46)15-29(16-36(34)47)30(17-53)19-56-42(48)49)14-27-7-4-26(5-8-27)6-9-28-10-13-39(55-18-28)60-31-11-12-32(60)23-59(22-31)33-24-65-25-33/h4-5,7-8,10,13,15-19,31-33,37-38,40,42,53-54,56,61H,11-12,14,20-25H2,1-3H3,(H,57,62)(H,58,63)/b30-19+,53-17?/t31?,32?,37-,38-,40?/m0/s1. The number of carbonyl (C=O) groups is 2. The molecule has 3 unspecified atom stereocenters. The van der Waals surface area contributed by atoms with E-state index in [2.05, 4.69) is 37.0 Å². The Kier molecular flexibility index (Phi) is 15.8. The minimum Gasteiger partial charge on any atom is -0.453 e. The van der Waals surface area contributed by atoms with E-state index in [1.807, 2.05) is 17.4 Å². The van der Waals surface area contributed by atoms with Crippen LogP contribution in [0.3, 0.4) is 0 Å². The number of alkyl carbamates (subject to hydrolysis) is 1. The molecule has 5 atom stereocenters. The van der Waals surface area contributed by atoms with Crippen LogP contribution >= 0.6 is 0 Å². The molecule has 3 aliphatic rings. The molecule has 2 aromatic carbocycles. The molecule has 3 fully saturated rings. The molecule has 3 aliphatic heterocycles. The fourth-order valence-corrected chi connectivity index (χ4v) is 8.03. The van der Waals surface area contributed by atoms with Crippen molar-refractivity contribution in [2.45, 2.75) is 88.7 Å². The van der Waals surface area contributed by atoms with Crippen LogP contribution in [-0.4, -0.2) is 122 Å². The van der Waals surface area contributed by atoms with E-state index in [4.69, 9.17) is 15.1 Å². The van der Waals surface area contributed by atoms with Crippen LogP contribution in [0, 0.1) is 34.3 Å². The lowest BCUT2D eigenvalue weighted by Crippen LogP contribution is -2.62. The van der Waals surface area contributed by atoms with Gasteiger partial charge in [0.05, 0.1) is 43.9 Å². The summed E-state index contributed by atoms with van der Waals surface area (Å²) in [7, 11) is 0.913. The van der Waals surface area contributed by atoms with Gasteiger partial charge in [0.1, 0.15) is 23.5 Å². The number of ether oxygens (including phenoxy) is 2. The number of fused-ring (bicyclic) bond motifs is 2. The number of nitrogens with zero attached hydrogens (tertiary/aromatic N) is 3. The Balaban J connectivity index is 1.15. The highest BCUT2D eigenvalue weighted by Crippen LogP contribution is 2.41. The lowest BCUT2D eigenvalue weighted by molar-refractivity contribution is -0.220. The summed E-state index contributed by atoms with van der Waals surface area (Å²) in [6.45, 7) is 1.01. The van der Waals surface area contributed by atoms with Crippen LogP contribution in [-0.2, 0) is 27.2 Å². The van der Waals surface area contributed by atoms with Crippen LogP contribution < -0.4 is 26.2 Å². The molecule has 4 heterocycles. The summed E-state index contributed by atoms with van der Waals surface area (Å²) in [6, 6.07) is 9.98. The normalized spacial score (nSPS) is 19.4. The second kappa shape index (κ2) is 21.0. The number of allylic oxidation sites excluding steroid dienone is 1. The number of likely N-dealkylation sites (tertiary alicyclic amines) is 1. The van der Waals surface area contributed by atoms with Gasteiger partial charge in [-0.25, -0.2) is 18.6 Å². The number of anilines is 1. The Morgan fingerprint density at radius 1 is 0.985 bits per heavy atom. The van der Waals surface area contributed by atoms with Gasteiger partial charge in [0.15, 0.2) is 0 Å². The van der Waals surface area contributed by atoms with Gasteiger partial charge in [0.2, 0.25) is 5.91 Å². The number of hydrogen-bond donors (Lipinski definition) is 6. The largest absolute Gasteiger partial charge is 0.453 e. The van der Waals surface area contributed by atoms with Gasteiger partial charge in [-0.3, -0.25) is 9.69 Å². The molecule has 20 heteroatoms. The number of benzene rings is 2. The van der Waals surface area contributed by atoms with Crippen molar-refractivity contribution in [3.05, 3.63) is 100 Å². The lowest BCUT2D eigenvalue weighted by Gasteiger charge is -2.47. The number of aromatic nitrogens is 1. The second-order valence-electron chi connectivity index (χ2n) is 16.7. The molecule has 13 nitrogen and oxygen atoms in total.